The molecule has 0 saturated carbocycles. The highest BCUT2D eigenvalue weighted by Crippen LogP contribution is 2.34. The summed E-state index contributed by atoms with van der Waals surface area (Å²) in [6, 6.07) is 7.89. The second kappa shape index (κ2) is 9.16. The van der Waals surface area contributed by atoms with Crippen LogP contribution in [0, 0.1) is 12.7 Å². The fourth-order valence-corrected chi connectivity index (χ4v) is 5.13. The topological polar surface area (TPSA) is 45.7 Å². The maximum absolute atomic E-state index is 14.5. The number of aromatic nitrogens is 1. The second-order valence-electron chi connectivity index (χ2n) is 7.07. The number of hydrogen-bond acceptors (Lipinski definition) is 5. The van der Waals surface area contributed by atoms with Gasteiger partial charge in [-0.1, -0.05) is 40.6 Å². The number of hydrogen-bond donors (Lipinski definition) is 0. The number of halogens is 3. The quantitative estimate of drug-likeness (QED) is 0.527. The first kappa shape index (κ1) is 21.5. The van der Waals surface area contributed by atoms with Crippen LogP contribution in [0.15, 0.2) is 30.3 Å². The zero-order valence-electron chi connectivity index (χ0n) is 16.3. The van der Waals surface area contributed by atoms with Gasteiger partial charge in [0.15, 0.2) is 5.13 Å². The van der Waals surface area contributed by atoms with Crippen LogP contribution in [0.2, 0.25) is 10.0 Å². The molecule has 5 nitrogen and oxygen atoms in total. The number of anilines is 1. The Morgan fingerprint density at radius 1 is 1.30 bits per heavy atom. The molecular formula is C21H20Cl2FN3O2S. The van der Waals surface area contributed by atoms with E-state index in [1.54, 1.807) is 0 Å². The Kier molecular flexibility index (Phi) is 6.55. The molecule has 2 aromatic carbocycles. The minimum Gasteiger partial charge on any atom is -0.379 e. The summed E-state index contributed by atoms with van der Waals surface area (Å²) in [5, 5.41) is 1.18. The number of morpholine rings is 1. The maximum atomic E-state index is 14.5. The average Bonchev–Trinajstić information content (AvgIpc) is 3.13. The number of nitrogens with zero attached hydrogens (tertiary/aromatic N) is 3. The molecule has 0 unspecified atom stereocenters. The number of aryl methyl sites for hydroxylation is 1. The molecule has 2 heterocycles. The first-order chi connectivity index (χ1) is 14.4. The zero-order chi connectivity index (χ0) is 21.3. The lowest BCUT2D eigenvalue weighted by molar-refractivity contribution is 0.0391. The van der Waals surface area contributed by atoms with Crippen LogP contribution in [0.4, 0.5) is 9.52 Å². The minimum absolute atomic E-state index is 0.0803. The highest BCUT2D eigenvalue weighted by atomic mass is 35.5. The molecule has 0 N–H and O–H groups in total. The molecule has 0 radical (unpaired) electrons. The molecule has 0 spiro atoms. The molecule has 4 rings (SSSR count). The van der Waals surface area contributed by atoms with Crippen LogP contribution < -0.4 is 4.90 Å². The van der Waals surface area contributed by atoms with Crippen molar-refractivity contribution < 1.29 is 13.9 Å². The van der Waals surface area contributed by atoms with Gasteiger partial charge in [-0.2, -0.15) is 0 Å². The molecule has 1 aliphatic heterocycles. The zero-order valence-corrected chi connectivity index (χ0v) is 18.7. The molecule has 1 saturated heterocycles. The number of amides is 1. The summed E-state index contributed by atoms with van der Waals surface area (Å²) in [7, 11) is 0. The van der Waals surface area contributed by atoms with E-state index < -0.39 is 11.7 Å². The van der Waals surface area contributed by atoms with E-state index in [1.807, 2.05) is 19.1 Å². The lowest BCUT2D eigenvalue weighted by Gasteiger charge is -2.29. The molecule has 30 heavy (non-hydrogen) atoms. The van der Waals surface area contributed by atoms with Crippen molar-refractivity contribution in [2.45, 2.75) is 6.92 Å². The van der Waals surface area contributed by atoms with Crippen LogP contribution in [0.5, 0.6) is 0 Å². The number of carbonyl (C=O) groups excluding carboxylic acids is 1. The van der Waals surface area contributed by atoms with Crippen LogP contribution in [0.3, 0.4) is 0 Å². The summed E-state index contributed by atoms with van der Waals surface area (Å²) < 4.78 is 20.8. The van der Waals surface area contributed by atoms with Gasteiger partial charge in [0, 0.05) is 31.2 Å². The smallest absolute Gasteiger partial charge is 0.264 e. The molecule has 1 aromatic heterocycles. The van der Waals surface area contributed by atoms with Crippen molar-refractivity contribution in [3.05, 3.63) is 57.3 Å². The molecule has 158 valence electrons. The third-order valence-electron chi connectivity index (χ3n) is 5.04. The van der Waals surface area contributed by atoms with Crippen molar-refractivity contribution in [2.24, 2.45) is 0 Å². The summed E-state index contributed by atoms with van der Waals surface area (Å²) in [6.07, 6.45) is 0. The van der Waals surface area contributed by atoms with E-state index in [0.29, 0.717) is 36.5 Å². The molecule has 3 aromatic rings. The van der Waals surface area contributed by atoms with Gasteiger partial charge in [0.05, 0.1) is 34.0 Å². The van der Waals surface area contributed by atoms with Gasteiger partial charge in [0.1, 0.15) is 5.82 Å². The lowest BCUT2D eigenvalue weighted by Crippen LogP contribution is -2.43. The maximum Gasteiger partial charge on any atom is 0.264 e. The molecule has 9 heteroatoms. The Balaban J connectivity index is 1.71. The van der Waals surface area contributed by atoms with Gasteiger partial charge in [0.2, 0.25) is 0 Å². The fourth-order valence-electron chi connectivity index (χ4n) is 3.45. The molecule has 1 fully saturated rings. The van der Waals surface area contributed by atoms with Crippen LogP contribution in [-0.4, -0.2) is 55.2 Å². The van der Waals surface area contributed by atoms with Crippen LogP contribution in [0.25, 0.3) is 10.2 Å². The first-order valence-electron chi connectivity index (χ1n) is 9.56. The first-order valence-corrected chi connectivity index (χ1v) is 11.1. The monoisotopic (exact) mass is 467 g/mol. The Morgan fingerprint density at radius 3 is 2.80 bits per heavy atom. The number of fused-ring (bicyclic) bond motifs is 1. The van der Waals surface area contributed by atoms with Gasteiger partial charge in [-0.15, -0.1) is 0 Å². The SMILES string of the molecule is Cc1cc(Cl)cc2sc(N(CCN3CCOCC3)C(=O)c3c(F)cccc3Cl)nc12. The van der Waals surface area contributed by atoms with E-state index in [1.165, 1.54) is 34.4 Å². The molecular weight excluding hydrogens is 448 g/mol. The second-order valence-corrected chi connectivity index (χ2v) is 8.93. The molecule has 0 bridgehead atoms. The van der Waals surface area contributed by atoms with E-state index in [2.05, 4.69) is 9.88 Å². The highest BCUT2D eigenvalue weighted by Gasteiger charge is 2.27. The van der Waals surface area contributed by atoms with E-state index in [4.69, 9.17) is 27.9 Å². The van der Waals surface area contributed by atoms with Gasteiger partial charge < -0.3 is 4.74 Å². The van der Waals surface area contributed by atoms with E-state index in [-0.39, 0.29) is 10.6 Å². The summed E-state index contributed by atoms with van der Waals surface area (Å²) in [6.45, 7) is 5.80. The van der Waals surface area contributed by atoms with Crippen molar-refractivity contribution in [3.63, 3.8) is 0 Å². The number of rotatable bonds is 5. The Hall–Kier alpha value is -1.77. The summed E-state index contributed by atoms with van der Waals surface area (Å²) >= 11 is 13.7. The lowest BCUT2D eigenvalue weighted by atomic mass is 10.2. The Bertz CT molecular complexity index is 1070. The number of ether oxygens (including phenoxy) is 1. The molecule has 1 amide bonds. The van der Waals surface area contributed by atoms with Crippen molar-refractivity contribution in [2.75, 3.05) is 44.3 Å². The highest BCUT2D eigenvalue weighted by molar-refractivity contribution is 7.22. The van der Waals surface area contributed by atoms with Crippen LogP contribution >= 0.6 is 34.5 Å². The van der Waals surface area contributed by atoms with Gasteiger partial charge in [-0.05, 0) is 36.8 Å². The van der Waals surface area contributed by atoms with Crippen LogP contribution in [-0.2, 0) is 4.74 Å². The molecule has 0 aliphatic carbocycles. The minimum atomic E-state index is -0.649. The van der Waals surface area contributed by atoms with E-state index >= 15 is 0 Å². The third-order valence-corrected chi connectivity index (χ3v) is 6.59. The largest absolute Gasteiger partial charge is 0.379 e. The van der Waals surface area contributed by atoms with Crippen molar-refractivity contribution in [1.29, 1.82) is 0 Å². The van der Waals surface area contributed by atoms with Crippen molar-refractivity contribution in [1.82, 2.24) is 9.88 Å². The fraction of sp³-hybridized carbons (Fsp3) is 0.333. The predicted molar refractivity (Wildman–Crippen MR) is 120 cm³/mol. The van der Waals surface area contributed by atoms with Gasteiger partial charge in [-0.3, -0.25) is 14.6 Å². The average molecular weight is 468 g/mol. The van der Waals surface area contributed by atoms with Crippen molar-refractivity contribution in [3.8, 4) is 0 Å². The molecule has 1 aliphatic rings. The van der Waals surface area contributed by atoms with E-state index in [9.17, 15) is 9.18 Å². The Morgan fingerprint density at radius 2 is 2.07 bits per heavy atom. The van der Waals surface area contributed by atoms with Gasteiger partial charge in [0.25, 0.3) is 5.91 Å². The normalized spacial score (nSPS) is 14.9. The predicted octanol–water partition coefficient (Wildman–Crippen LogP) is 5.03. The number of benzene rings is 2. The molecule has 0 atom stereocenters. The summed E-state index contributed by atoms with van der Waals surface area (Å²) in [4.78, 5) is 21.8. The summed E-state index contributed by atoms with van der Waals surface area (Å²) in [5.74, 6) is -1.15. The summed E-state index contributed by atoms with van der Waals surface area (Å²) in [5.41, 5.74) is 1.56. The number of carbonyl (C=O) groups is 1. The number of thiazole rings is 1. The standard InChI is InChI=1S/C21H20Cl2FN3O2S/c1-13-11-14(22)12-17-19(13)25-21(30-17)27(6-5-26-7-9-29-10-8-26)20(28)18-15(23)3-2-4-16(18)24/h2-4,11-12H,5-10H2,1H3. The van der Waals surface area contributed by atoms with Crippen LogP contribution in [0.1, 0.15) is 15.9 Å². The van der Waals surface area contributed by atoms with E-state index in [0.717, 1.165) is 28.9 Å². The van der Waals surface area contributed by atoms with Gasteiger partial charge in [-0.25, -0.2) is 9.37 Å². The Labute approximate surface area is 188 Å². The van der Waals surface area contributed by atoms with Gasteiger partial charge >= 0.3 is 0 Å². The van der Waals surface area contributed by atoms with Crippen molar-refractivity contribution >= 4 is 55.8 Å². The third kappa shape index (κ3) is 4.45.